The molecule has 1 aliphatic rings. The lowest BCUT2D eigenvalue weighted by Gasteiger charge is -2.32. The maximum absolute atomic E-state index is 13.6. The maximum Gasteiger partial charge on any atom is 0.416 e. The Hall–Kier alpha value is -2.86. The van der Waals surface area contributed by atoms with Crippen LogP contribution in [0.25, 0.3) is 10.1 Å². The number of nitrogens with one attached hydrogen (secondary N) is 2. The van der Waals surface area contributed by atoms with Crippen molar-refractivity contribution in [3.8, 4) is 0 Å². The fourth-order valence-corrected chi connectivity index (χ4v) is 5.58. The van der Waals surface area contributed by atoms with E-state index in [1.54, 1.807) is 52.1 Å². The van der Waals surface area contributed by atoms with Crippen LogP contribution >= 0.6 is 11.3 Å². The van der Waals surface area contributed by atoms with E-state index in [1.165, 1.54) is 16.2 Å². The van der Waals surface area contributed by atoms with Crippen LogP contribution in [0, 0.1) is 5.92 Å². The van der Waals surface area contributed by atoms with Crippen molar-refractivity contribution in [3.63, 3.8) is 0 Å². The number of alkyl halides is 3. The summed E-state index contributed by atoms with van der Waals surface area (Å²) in [5.74, 6) is -1.65. The van der Waals surface area contributed by atoms with Gasteiger partial charge in [-0.25, -0.2) is 4.79 Å². The summed E-state index contributed by atoms with van der Waals surface area (Å²) in [5.41, 5.74) is -0.211. The monoisotopic (exact) mass is 571 g/mol. The highest BCUT2D eigenvalue weighted by atomic mass is 32.1. The molecule has 0 saturated carbocycles. The Labute approximate surface area is 229 Å². The molecule has 0 spiro atoms. The maximum atomic E-state index is 13.6. The van der Waals surface area contributed by atoms with Gasteiger partial charge in [0, 0.05) is 11.2 Å². The molecule has 0 radical (unpaired) electrons. The summed E-state index contributed by atoms with van der Waals surface area (Å²) in [7, 11) is 0. The van der Waals surface area contributed by atoms with Crippen LogP contribution in [0.4, 0.5) is 18.0 Å². The third-order valence-corrected chi connectivity index (χ3v) is 7.50. The molecule has 2 heterocycles. The molecule has 1 aromatic carbocycles. The topological polar surface area (TPSA) is 108 Å². The number of likely N-dealkylation sites (tertiary alicyclic amines) is 1. The van der Waals surface area contributed by atoms with Gasteiger partial charge in [0.25, 0.3) is 0 Å². The molecule has 8 nitrogen and oxygen atoms in total. The van der Waals surface area contributed by atoms with E-state index >= 15 is 0 Å². The molecule has 2 aromatic rings. The van der Waals surface area contributed by atoms with E-state index in [-0.39, 0.29) is 25.3 Å². The smallest absolute Gasteiger partial charge is 0.416 e. The van der Waals surface area contributed by atoms with E-state index < -0.39 is 53.9 Å². The third-order valence-electron chi connectivity index (χ3n) is 6.49. The lowest BCUT2D eigenvalue weighted by molar-refractivity contribution is -0.212. The average molecular weight is 572 g/mol. The molecule has 4 atom stereocenters. The van der Waals surface area contributed by atoms with E-state index in [9.17, 15) is 32.7 Å². The molecular formula is C27H36F3N3O5S. The van der Waals surface area contributed by atoms with Crippen LogP contribution in [-0.4, -0.2) is 70.5 Å². The lowest BCUT2D eigenvalue weighted by Crippen LogP contribution is -2.58. The number of rotatable bonds is 8. The standard InChI is InChI=1S/C27H36F3N3O5S/c1-15(2)21(32-25(37)38-26(3,4)5)24(36)33-12-8-10-19(33)23(35)31-18(22(34)27(28,29)30)13-16-14-39-20-11-7-6-9-17(16)20/h6-7,9,11,14-15,18-19,21-22,34H,8,10,12-13H2,1-5H3,(H,31,35)(H,32,37). The minimum atomic E-state index is -4.96. The van der Waals surface area contributed by atoms with E-state index in [1.807, 2.05) is 12.1 Å². The number of thiophene rings is 1. The van der Waals surface area contributed by atoms with Gasteiger partial charge < -0.3 is 25.4 Å². The molecule has 1 saturated heterocycles. The van der Waals surface area contributed by atoms with Gasteiger partial charge in [-0.15, -0.1) is 11.3 Å². The number of nitrogens with zero attached hydrogens (tertiary/aromatic N) is 1. The van der Waals surface area contributed by atoms with Crippen LogP contribution in [0.2, 0.25) is 0 Å². The number of ether oxygens (including phenoxy) is 1. The van der Waals surface area contributed by atoms with Crippen LogP contribution < -0.4 is 10.6 Å². The molecule has 4 unspecified atom stereocenters. The highest BCUT2D eigenvalue weighted by molar-refractivity contribution is 7.17. The van der Waals surface area contributed by atoms with Gasteiger partial charge in [0.2, 0.25) is 11.8 Å². The largest absolute Gasteiger partial charge is 0.444 e. The summed E-state index contributed by atoms with van der Waals surface area (Å²) in [5, 5.41) is 17.6. The summed E-state index contributed by atoms with van der Waals surface area (Å²) in [6, 6.07) is 3.51. The van der Waals surface area contributed by atoms with E-state index in [2.05, 4.69) is 10.6 Å². The SMILES string of the molecule is CC(C)C(NC(=O)OC(C)(C)C)C(=O)N1CCCC1C(=O)NC(Cc1csc2ccccc12)C(O)C(F)(F)F. The van der Waals surface area contributed by atoms with Gasteiger partial charge in [-0.05, 0) is 68.3 Å². The molecule has 39 heavy (non-hydrogen) atoms. The van der Waals surface area contributed by atoms with Gasteiger partial charge >= 0.3 is 12.3 Å². The van der Waals surface area contributed by atoms with Crippen LogP contribution in [0.15, 0.2) is 29.6 Å². The van der Waals surface area contributed by atoms with Crippen molar-refractivity contribution >= 4 is 39.3 Å². The first kappa shape index (κ1) is 30.7. The highest BCUT2D eigenvalue weighted by Gasteiger charge is 2.46. The minimum Gasteiger partial charge on any atom is -0.444 e. The molecule has 1 aliphatic heterocycles. The minimum absolute atomic E-state index is 0.206. The zero-order valence-electron chi connectivity index (χ0n) is 22.7. The predicted molar refractivity (Wildman–Crippen MR) is 142 cm³/mol. The van der Waals surface area contributed by atoms with Crippen molar-refractivity contribution in [2.24, 2.45) is 5.92 Å². The first-order valence-corrected chi connectivity index (χ1v) is 13.8. The number of carbonyl (C=O) groups excluding carboxylic acids is 3. The van der Waals surface area contributed by atoms with Crippen molar-refractivity contribution in [1.29, 1.82) is 0 Å². The summed E-state index contributed by atoms with van der Waals surface area (Å²) in [6.45, 7) is 8.72. The fourth-order valence-electron chi connectivity index (χ4n) is 4.61. The molecule has 0 bridgehead atoms. The molecule has 0 aliphatic carbocycles. The van der Waals surface area contributed by atoms with Crippen molar-refractivity contribution < 1.29 is 37.4 Å². The first-order valence-electron chi connectivity index (χ1n) is 12.9. The predicted octanol–water partition coefficient (Wildman–Crippen LogP) is 4.39. The number of amides is 3. The van der Waals surface area contributed by atoms with E-state index in [0.717, 1.165) is 10.1 Å². The Morgan fingerprint density at radius 1 is 1.15 bits per heavy atom. The summed E-state index contributed by atoms with van der Waals surface area (Å²) >= 11 is 1.36. The van der Waals surface area contributed by atoms with Crippen molar-refractivity contribution in [3.05, 3.63) is 35.2 Å². The number of halogens is 3. The van der Waals surface area contributed by atoms with Gasteiger partial charge in [0.05, 0.1) is 6.04 Å². The van der Waals surface area contributed by atoms with Crippen molar-refractivity contribution in [2.45, 2.75) is 89.9 Å². The van der Waals surface area contributed by atoms with Gasteiger partial charge in [-0.1, -0.05) is 32.0 Å². The number of hydrogen-bond donors (Lipinski definition) is 3. The van der Waals surface area contributed by atoms with E-state index in [4.69, 9.17) is 4.74 Å². The zero-order valence-corrected chi connectivity index (χ0v) is 23.5. The van der Waals surface area contributed by atoms with Gasteiger partial charge in [-0.2, -0.15) is 13.2 Å². The summed E-state index contributed by atoms with van der Waals surface area (Å²) in [4.78, 5) is 40.4. The Morgan fingerprint density at radius 3 is 2.44 bits per heavy atom. The Bertz CT molecular complexity index is 1180. The number of fused-ring (bicyclic) bond motifs is 1. The molecular weight excluding hydrogens is 535 g/mol. The molecule has 12 heteroatoms. The Balaban J connectivity index is 1.79. The Morgan fingerprint density at radius 2 is 1.82 bits per heavy atom. The van der Waals surface area contributed by atoms with Crippen LogP contribution in [0.1, 0.15) is 53.0 Å². The quantitative estimate of drug-likeness (QED) is 0.436. The average Bonchev–Trinajstić information content (AvgIpc) is 3.47. The van der Waals surface area contributed by atoms with E-state index in [0.29, 0.717) is 12.0 Å². The van der Waals surface area contributed by atoms with Crippen LogP contribution in [0.3, 0.4) is 0 Å². The molecule has 3 amide bonds. The highest BCUT2D eigenvalue weighted by Crippen LogP contribution is 2.30. The Kier molecular flexibility index (Phi) is 9.53. The van der Waals surface area contributed by atoms with Crippen LogP contribution in [0.5, 0.6) is 0 Å². The number of alkyl carbamates (subject to hydrolysis) is 1. The second-order valence-electron chi connectivity index (χ2n) is 11.1. The number of aliphatic hydroxyl groups is 1. The number of carbonyl (C=O) groups is 3. The summed E-state index contributed by atoms with van der Waals surface area (Å²) < 4.78 is 46.9. The molecule has 216 valence electrons. The van der Waals surface area contributed by atoms with Gasteiger partial charge in [0.1, 0.15) is 17.7 Å². The van der Waals surface area contributed by atoms with Gasteiger partial charge in [-0.3, -0.25) is 9.59 Å². The first-order chi connectivity index (χ1) is 18.1. The number of benzene rings is 1. The number of aliphatic hydroxyl groups excluding tert-OH is 1. The second-order valence-corrected chi connectivity index (χ2v) is 12.0. The fraction of sp³-hybridized carbons (Fsp3) is 0.593. The van der Waals surface area contributed by atoms with Crippen molar-refractivity contribution in [2.75, 3.05) is 6.54 Å². The molecule has 1 aromatic heterocycles. The molecule has 1 fully saturated rings. The second kappa shape index (κ2) is 12.1. The van der Waals surface area contributed by atoms with Crippen molar-refractivity contribution in [1.82, 2.24) is 15.5 Å². The normalized spacial score (nSPS) is 18.6. The van der Waals surface area contributed by atoms with Crippen LogP contribution in [-0.2, 0) is 20.7 Å². The lowest BCUT2D eigenvalue weighted by atomic mass is 9.99. The number of hydrogen-bond acceptors (Lipinski definition) is 6. The zero-order chi connectivity index (χ0) is 29.1. The summed E-state index contributed by atoms with van der Waals surface area (Å²) in [6.07, 6.45) is -8.09. The van der Waals surface area contributed by atoms with Gasteiger partial charge in [0.15, 0.2) is 6.10 Å². The molecule has 3 rings (SSSR count). The third kappa shape index (κ3) is 7.84. The molecule has 3 N–H and O–H groups in total.